The minimum absolute atomic E-state index is 0.00475. The monoisotopic (exact) mass is 437 g/mol. The van der Waals surface area contributed by atoms with Gasteiger partial charge in [0.1, 0.15) is 17.5 Å². The summed E-state index contributed by atoms with van der Waals surface area (Å²) in [4.78, 5) is 26.5. The number of thiol groups is 1. The number of ether oxygens (including phenoxy) is 1. The van der Waals surface area contributed by atoms with Gasteiger partial charge in [-0.05, 0) is 69.9 Å². The SMILES string of the molecule is CCN(CCC(CC(=O)Nc1ccc(F)c(C#N)c1)C(C)CS)C(=O)OC(C)(C)C. The lowest BCUT2D eigenvalue weighted by Gasteiger charge is -2.29. The van der Waals surface area contributed by atoms with Gasteiger partial charge < -0.3 is 15.0 Å². The molecule has 0 spiro atoms. The van der Waals surface area contributed by atoms with Crippen molar-refractivity contribution in [2.24, 2.45) is 11.8 Å². The molecule has 0 aromatic heterocycles. The number of carbonyl (C=O) groups is 2. The number of benzene rings is 1. The van der Waals surface area contributed by atoms with E-state index in [0.717, 1.165) is 6.07 Å². The second-order valence-electron chi connectivity index (χ2n) is 8.33. The van der Waals surface area contributed by atoms with Crippen molar-refractivity contribution in [3.05, 3.63) is 29.6 Å². The zero-order valence-corrected chi connectivity index (χ0v) is 19.3. The van der Waals surface area contributed by atoms with Crippen molar-refractivity contribution in [3.63, 3.8) is 0 Å². The maximum Gasteiger partial charge on any atom is 0.410 e. The molecule has 30 heavy (non-hydrogen) atoms. The first kappa shape index (κ1) is 25.8. The zero-order valence-electron chi connectivity index (χ0n) is 18.4. The Kier molecular flexibility index (Phi) is 10.1. The molecule has 6 nitrogen and oxygen atoms in total. The van der Waals surface area contributed by atoms with Gasteiger partial charge in [-0.15, -0.1) is 0 Å². The summed E-state index contributed by atoms with van der Waals surface area (Å²) in [7, 11) is 0. The second-order valence-corrected chi connectivity index (χ2v) is 8.69. The summed E-state index contributed by atoms with van der Waals surface area (Å²) in [5.74, 6) is -0.108. The predicted octanol–water partition coefficient (Wildman–Crippen LogP) is 4.86. The number of nitriles is 1. The molecular formula is C22H32FN3O3S. The third-order valence-electron chi connectivity index (χ3n) is 4.71. The van der Waals surface area contributed by atoms with Gasteiger partial charge in [0.2, 0.25) is 5.91 Å². The van der Waals surface area contributed by atoms with Gasteiger partial charge in [-0.25, -0.2) is 9.18 Å². The number of halogens is 1. The van der Waals surface area contributed by atoms with E-state index in [9.17, 15) is 14.0 Å². The van der Waals surface area contributed by atoms with Crippen LogP contribution in [0, 0.1) is 29.0 Å². The van der Waals surface area contributed by atoms with Crippen LogP contribution in [-0.4, -0.2) is 41.3 Å². The molecule has 0 radical (unpaired) electrons. The molecule has 1 aromatic carbocycles. The highest BCUT2D eigenvalue weighted by Gasteiger charge is 2.25. The first-order valence-corrected chi connectivity index (χ1v) is 10.7. The molecule has 0 fully saturated rings. The first-order valence-electron chi connectivity index (χ1n) is 10.1. The molecule has 8 heteroatoms. The van der Waals surface area contributed by atoms with E-state index in [1.165, 1.54) is 12.1 Å². The Balaban J connectivity index is 2.76. The standard InChI is InChI=1S/C22H32FN3O3S/c1-6-26(21(28)29-22(3,4)5)10-9-16(15(2)14-30)12-20(27)25-18-7-8-19(23)17(11-18)13-24/h7-8,11,15-16,30H,6,9-10,12,14H2,1-5H3,(H,25,27). The van der Waals surface area contributed by atoms with Gasteiger partial charge in [0.25, 0.3) is 0 Å². The van der Waals surface area contributed by atoms with Crippen LogP contribution < -0.4 is 5.32 Å². The minimum Gasteiger partial charge on any atom is -0.444 e. The topological polar surface area (TPSA) is 82.4 Å². The van der Waals surface area contributed by atoms with Crippen LogP contribution in [-0.2, 0) is 9.53 Å². The van der Waals surface area contributed by atoms with Crippen LogP contribution in [0.1, 0.15) is 53.0 Å². The van der Waals surface area contributed by atoms with Crippen molar-refractivity contribution >= 4 is 30.3 Å². The van der Waals surface area contributed by atoms with Crippen molar-refractivity contribution in [2.45, 2.75) is 53.1 Å². The quantitative estimate of drug-likeness (QED) is 0.541. The van der Waals surface area contributed by atoms with Gasteiger partial charge in [-0.2, -0.15) is 17.9 Å². The summed E-state index contributed by atoms with van der Waals surface area (Å²) in [6.45, 7) is 10.3. The highest BCUT2D eigenvalue weighted by molar-refractivity contribution is 7.80. The highest BCUT2D eigenvalue weighted by atomic mass is 32.1. The van der Waals surface area contributed by atoms with E-state index in [0.29, 0.717) is 31.0 Å². The minimum atomic E-state index is -0.626. The summed E-state index contributed by atoms with van der Waals surface area (Å²) in [6.07, 6.45) is 0.476. The molecule has 1 aromatic rings. The Hall–Kier alpha value is -2.27. The first-order chi connectivity index (χ1) is 14.0. The van der Waals surface area contributed by atoms with E-state index in [4.69, 9.17) is 10.00 Å². The summed E-state index contributed by atoms with van der Waals surface area (Å²) in [5.41, 5.74) is -0.317. The van der Waals surface area contributed by atoms with Crippen molar-refractivity contribution in [2.75, 3.05) is 24.2 Å². The second kappa shape index (κ2) is 11.8. The van der Waals surface area contributed by atoms with Gasteiger partial charge >= 0.3 is 6.09 Å². The van der Waals surface area contributed by atoms with E-state index in [1.54, 1.807) is 11.0 Å². The fraction of sp³-hybridized carbons (Fsp3) is 0.591. The van der Waals surface area contributed by atoms with Crippen LogP contribution in [0.15, 0.2) is 18.2 Å². The number of hydrogen-bond acceptors (Lipinski definition) is 5. The van der Waals surface area contributed by atoms with Gasteiger partial charge in [0.05, 0.1) is 5.56 Å². The molecule has 0 aliphatic rings. The molecule has 0 bridgehead atoms. The van der Waals surface area contributed by atoms with Gasteiger partial charge in [-0.3, -0.25) is 4.79 Å². The Morgan fingerprint density at radius 1 is 1.37 bits per heavy atom. The molecule has 0 heterocycles. The smallest absolute Gasteiger partial charge is 0.410 e. The lowest BCUT2D eigenvalue weighted by atomic mass is 9.88. The molecule has 1 N–H and O–H groups in total. The number of anilines is 1. The molecule has 0 saturated carbocycles. The summed E-state index contributed by atoms with van der Waals surface area (Å²) in [5, 5.41) is 11.7. The van der Waals surface area contributed by atoms with E-state index in [1.807, 2.05) is 34.6 Å². The largest absolute Gasteiger partial charge is 0.444 e. The van der Waals surface area contributed by atoms with Crippen LogP contribution >= 0.6 is 12.6 Å². The van der Waals surface area contributed by atoms with Crippen molar-refractivity contribution in [1.82, 2.24) is 4.90 Å². The molecule has 1 rings (SSSR count). The Morgan fingerprint density at radius 3 is 2.57 bits per heavy atom. The van der Waals surface area contributed by atoms with Crippen LogP contribution in [0.3, 0.4) is 0 Å². The Bertz CT molecular complexity index is 774. The lowest BCUT2D eigenvalue weighted by Crippen LogP contribution is -2.38. The van der Waals surface area contributed by atoms with Gasteiger partial charge in [0.15, 0.2) is 0 Å². The van der Waals surface area contributed by atoms with Crippen LogP contribution in [0.5, 0.6) is 0 Å². The number of amides is 2. The maximum atomic E-state index is 13.5. The van der Waals surface area contributed by atoms with E-state index >= 15 is 0 Å². The molecule has 0 aliphatic heterocycles. The molecule has 166 valence electrons. The number of carbonyl (C=O) groups excluding carboxylic acids is 2. The third-order valence-corrected chi connectivity index (χ3v) is 5.29. The van der Waals surface area contributed by atoms with E-state index < -0.39 is 11.4 Å². The molecule has 0 saturated heterocycles. The molecule has 2 amide bonds. The predicted molar refractivity (Wildman–Crippen MR) is 119 cm³/mol. The normalized spacial score (nSPS) is 13.1. The van der Waals surface area contributed by atoms with Crippen molar-refractivity contribution in [1.29, 1.82) is 5.26 Å². The molecule has 2 atom stereocenters. The Morgan fingerprint density at radius 2 is 2.03 bits per heavy atom. The maximum absolute atomic E-state index is 13.5. The summed E-state index contributed by atoms with van der Waals surface area (Å²) >= 11 is 4.36. The fourth-order valence-corrected chi connectivity index (χ4v) is 3.20. The van der Waals surface area contributed by atoms with E-state index in [-0.39, 0.29) is 35.8 Å². The average Bonchev–Trinajstić information content (AvgIpc) is 2.66. The van der Waals surface area contributed by atoms with E-state index in [2.05, 4.69) is 17.9 Å². The fourth-order valence-electron chi connectivity index (χ4n) is 2.90. The summed E-state index contributed by atoms with van der Waals surface area (Å²) < 4.78 is 18.9. The number of nitrogens with one attached hydrogen (secondary N) is 1. The molecule has 0 aliphatic carbocycles. The van der Waals surface area contributed by atoms with Crippen LogP contribution in [0.2, 0.25) is 0 Å². The van der Waals surface area contributed by atoms with Gasteiger partial charge in [-0.1, -0.05) is 6.92 Å². The number of nitrogens with zero attached hydrogens (tertiary/aromatic N) is 2. The molecular weight excluding hydrogens is 405 g/mol. The Labute approximate surface area is 184 Å². The number of hydrogen-bond donors (Lipinski definition) is 2. The van der Waals surface area contributed by atoms with Crippen LogP contribution in [0.4, 0.5) is 14.9 Å². The number of rotatable bonds is 9. The molecule has 2 unspecified atom stereocenters. The van der Waals surface area contributed by atoms with Gasteiger partial charge in [0, 0.05) is 25.2 Å². The third kappa shape index (κ3) is 8.62. The zero-order chi connectivity index (χ0) is 22.9. The summed E-state index contributed by atoms with van der Waals surface area (Å²) in [6, 6.07) is 5.65. The lowest BCUT2D eigenvalue weighted by molar-refractivity contribution is -0.117. The highest BCUT2D eigenvalue weighted by Crippen LogP contribution is 2.23. The van der Waals surface area contributed by atoms with Crippen LogP contribution in [0.25, 0.3) is 0 Å². The average molecular weight is 438 g/mol. The van der Waals surface area contributed by atoms with Crippen molar-refractivity contribution < 1.29 is 18.7 Å². The van der Waals surface area contributed by atoms with Crippen molar-refractivity contribution in [3.8, 4) is 6.07 Å².